The molecule has 0 aliphatic rings. The molecule has 0 radical (unpaired) electrons. The van der Waals surface area contributed by atoms with Gasteiger partial charge in [-0.05, 0) is 49.6 Å². The Bertz CT molecular complexity index is 997. The number of nitrogens with zero attached hydrogens (tertiary/aromatic N) is 1. The van der Waals surface area contributed by atoms with Crippen LogP contribution in [0.2, 0.25) is 0 Å². The number of carbonyl (C=O) groups is 2. The topological polar surface area (TPSA) is 97.1 Å². The first-order chi connectivity index (χ1) is 13.0. The van der Waals surface area contributed by atoms with Gasteiger partial charge in [0, 0.05) is 12.1 Å². The molecule has 0 fully saturated rings. The molecule has 27 heavy (non-hydrogen) atoms. The van der Waals surface area contributed by atoms with Gasteiger partial charge in [-0.25, -0.2) is 4.98 Å². The van der Waals surface area contributed by atoms with Gasteiger partial charge >= 0.3 is 0 Å². The van der Waals surface area contributed by atoms with E-state index in [1.165, 1.54) is 11.3 Å². The molecule has 4 N–H and O–H groups in total. The van der Waals surface area contributed by atoms with Gasteiger partial charge in [0.05, 0.1) is 16.8 Å². The average molecular weight is 382 g/mol. The maximum absolute atomic E-state index is 12.8. The van der Waals surface area contributed by atoms with Gasteiger partial charge in [0.2, 0.25) is 5.91 Å². The number of nitrogens with two attached hydrogens (primary N) is 1. The normalized spacial score (nSPS) is 10.8. The van der Waals surface area contributed by atoms with E-state index in [-0.39, 0.29) is 18.4 Å². The second kappa shape index (κ2) is 8.28. The van der Waals surface area contributed by atoms with Crippen LogP contribution in [0.3, 0.4) is 0 Å². The van der Waals surface area contributed by atoms with Crippen molar-refractivity contribution in [1.82, 2.24) is 10.3 Å². The van der Waals surface area contributed by atoms with Crippen molar-refractivity contribution in [2.45, 2.75) is 20.3 Å². The molecule has 2 amide bonds. The maximum Gasteiger partial charge on any atom is 0.257 e. The van der Waals surface area contributed by atoms with Crippen molar-refractivity contribution in [3.63, 3.8) is 0 Å². The smallest absolute Gasteiger partial charge is 0.257 e. The Morgan fingerprint density at radius 1 is 1.11 bits per heavy atom. The van der Waals surface area contributed by atoms with Gasteiger partial charge < -0.3 is 11.1 Å². The molecule has 140 valence electrons. The van der Waals surface area contributed by atoms with Crippen LogP contribution in [0.15, 0.2) is 36.4 Å². The summed E-state index contributed by atoms with van der Waals surface area (Å²) in [7, 11) is 0. The zero-order valence-electron chi connectivity index (χ0n) is 15.3. The Labute approximate surface area is 161 Å². The molecule has 0 saturated carbocycles. The predicted molar refractivity (Wildman–Crippen MR) is 109 cm³/mol. The van der Waals surface area contributed by atoms with Crippen LogP contribution in [-0.4, -0.2) is 29.9 Å². The van der Waals surface area contributed by atoms with E-state index in [0.717, 1.165) is 26.9 Å². The highest BCUT2D eigenvalue weighted by atomic mass is 32.1. The minimum absolute atomic E-state index is 0.0434. The van der Waals surface area contributed by atoms with Crippen molar-refractivity contribution in [3.8, 4) is 0 Å². The zero-order valence-corrected chi connectivity index (χ0v) is 16.2. The second-order valence-corrected chi connectivity index (χ2v) is 7.44. The van der Waals surface area contributed by atoms with Crippen molar-refractivity contribution >= 4 is 38.5 Å². The lowest BCUT2D eigenvalue weighted by atomic mass is 10.0. The maximum atomic E-state index is 12.8. The number of aromatic nitrogens is 1. The quantitative estimate of drug-likeness (QED) is 0.611. The predicted octanol–water partition coefficient (Wildman–Crippen LogP) is 2.78. The lowest BCUT2D eigenvalue weighted by Crippen LogP contribution is -2.32. The number of benzene rings is 2. The molecule has 0 atom stereocenters. The summed E-state index contributed by atoms with van der Waals surface area (Å²) in [5.74, 6) is -0.413. The third-order valence-electron chi connectivity index (χ3n) is 4.17. The van der Waals surface area contributed by atoms with Gasteiger partial charge in [0.1, 0.15) is 0 Å². The van der Waals surface area contributed by atoms with Crippen LogP contribution in [-0.2, 0) is 11.2 Å². The van der Waals surface area contributed by atoms with E-state index >= 15 is 0 Å². The van der Waals surface area contributed by atoms with Crippen LogP contribution in [0, 0.1) is 13.8 Å². The molecule has 0 aliphatic carbocycles. The zero-order chi connectivity index (χ0) is 19.4. The van der Waals surface area contributed by atoms with Gasteiger partial charge in [0.25, 0.3) is 5.91 Å². The monoisotopic (exact) mass is 382 g/mol. The molecule has 0 bridgehead atoms. The van der Waals surface area contributed by atoms with E-state index in [1.807, 2.05) is 44.2 Å². The van der Waals surface area contributed by atoms with Gasteiger partial charge in [-0.15, -0.1) is 0 Å². The first-order valence-corrected chi connectivity index (χ1v) is 9.53. The summed E-state index contributed by atoms with van der Waals surface area (Å²) in [6, 6.07) is 11.7. The highest BCUT2D eigenvalue weighted by Crippen LogP contribution is 2.27. The number of nitrogens with one attached hydrogen (secondary N) is 2. The summed E-state index contributed by atoms with van der Waals surface area (Å²) in [4.78, 5) is 28.6. The third kappa shape index (κ3) is 4.69. The van der Waals surface area contributed by atoms with Crippen LogP contribution in [0.1, 0.15) is 27.0 Å². The summed E-state index contributed by atoms with van der Waals surface area (Å²) in [5, 5.41) is 6.20. The number of anilines is 1. The van der Waals surface area contributed by atoms with Crippen LogP contribution in [0.25, 0.3) is 10.2 Å². The molecular weight excluding hydrogens is 360 g/mol. The van der Waals surface area contributed by atoms with E-state index in [0.29, 0.717) is 23.7 Å². The lowest BCUT2D eigenvalue weighted by molar-refractivity contribution is -0.119. The van der Waals surface area contributed by atoms with E-state index in [2.05, 4.69) is 21.7 Å². The number of hydrogen-bond donors (Lipinski definition) is 3. The van der Waals surface area contributed by atoms with Gasteiger partial charge in [-0.1, -0.05) is 35.1 Å². The molecule has 1 aromatic heterocycles. The summed E-state index contributed by atoms with van der Waals surface area (Å²) in [6.07, 6.45) is 0.551. The first kappa shape index (κ1) is 19.0. The summed E-state index contributed by atoms with van der Waals surface area (Å²) >= 11 is 1.45. The van der Waals surface area contributed by atoms with Crippen LogP contribution >= 0.6 is 11.3 Å². The fourth-order valence-electron chi connectivity index (χ4n) is 2.81. The molecule has 7 heteroatoms. The SMILES string of the molecule is Cc1ccc(C(=O)Nc2nc3ccc(C)cc3s2)c(CCNC(=O)CN)c1. The number of aryl methyl sites for hydroxylation is 2. The lowest BCUT2D eigenvalue weighted by Gasteiger charge is -2.11. The molecule has 0 aliphatic heterocycles. The van der Waals surface area contributed by atoms with Crippen molar-refractivity contribution < 1.29 is 9.59 Å². The summed E-state index contributed by atoms with van der Waals surface area (Å²) < 4.78 is 1.04. The molecule has 3 aromatic rings. The molecular formula is C20H22N4O2S. The molecule has 2 aromatic carbocycles. The molecule has 6 nitrogen and oxygen atoms in total. The van der Waals surface area contributed by atoms with Gasteiger partial charge in [0.15, 0.2) is 5.13 Å². The minimum atomic E-state index is -0.210. The Morgan fingerprint density at radius 2 is 1.85 bits per heavy atom. The molecule has 0 saturated heterocycles. The first-order valence-electron chi connectivity index (χ1n) is 8.71. The summed E-state index contributed by atoms with van der Waals surface area (Å²) in [6.45, 7) is 4.39. The minimum Gasteiger partial charge on any atom is -0.355 e. The standard InChI is InChI=1S/C20H22N4O2S/c1-12-3-5-15(14(9-12)7-8-22-18(25)11-21)19(26)24-20-23-16-6-4-13(2)10-17(16)27-20/h3-6,9-10H,7-8,11,21H2,1-2H3,(H,22,25)(H,23,24,26). The van der Waals surface area contributed by atoms with Crippen LogP contribution < -0.4 is 16.4 Å². The highest BCUT2D eigenvalue weighted by Gasteiger charge is 2.14. The largest absolute Gasteiger partial charge is 0.355 e. The molecule has 1 heterocycles. The number of thiazole rings is 1. The van der Waals surface area contributed by atoms with Crippen molar-refractivity contribution in [2.24, 2.45) is 5.73 Å². The fourth-order valence-corrected chi connectivity index (χ4v) is 3.77. The summed E-state index contributed by atoms with van der Waals surface area (Å²) in [5.41, 5.74) is 9.84. The Balaban J connectivity index is 1.77. The van der Waals surface area contributed by atoms with E-state index < -0.39 is 0 Å². The molecule has 0 spiro atoms. The number of amides is 2. The third-order valence-corrected chi connectivity index (χ3v) is 5.11. The number of carbonyl (C=O) groups excluding carboxylic acids is 2. The Morgan fingerprint density at radius 3 is 2.63 bits per heavy atom. The van der Waals surface area contributed by atoms with E-state index in [1.54, 1.807) is 0 Å². The van der Waals surface area contributed by atoms with E-state index in [9.17, 15) is 9.59 Å². The number of rotatable bonds is 6. The van der Waals surface area contributed by atoms with Crippen LogP contribution in [0.4, 0.5) is 5.13 Å². The van der Waals surface area contributed by atoms with E-state index in [4.69, 9.17) is 5.73 Å². The number of fused-ring (bicyclic) bond motifs is 1. The van der Waals surface area contributed by atoms with Gasteiger partial charge in [-0.2, -0.15) is 0 Å². The molecule has 0 unspecified atom stereocenters. The fraction of sp³-hybridized carbons (Fsp3) is 0.250. The van der Waals surface area contributed by atoms with Crippen molar-refractivity contribution in [1.29, 1.82) is 0 Å². The highest BCUT2D eigenvalue weighted by molar-refractivity contribution is 7.22. The average Bonchev–Trinajstić information content (AvgIpc) is 3.02. The Kier molecular flexibility index (Phi) is 5.83. The number of hydrogen-bond acceptors (Lipinski definition) is 5. The Hall–Kier alpha value is -2.77. The van der Waals surface area contributed by atoms with Gasteiger partial charge in [-0.3, -0.25) is 14.9 Å². The van der Waals surface area contributed by atoms with Crippen LogP contribution in [0.5, 0.6) is 0 Å². The van der Waals surface area contributed by atoms with Crippen molar-refractivity contribution in [2.75, 3.05) is 18.4 Å². The second-order valence-electron chi connectivity index (χ2n) is 6.41. The molecule has 3 rings (SSSR count). The van der Waals surface area contributed by atoms with Crippen molar-refractivity contribution in [3.05, 3.63) is 58.7 Å².